The first-order valence-electron chi connectivity index (χ1n) is 5.36. The van der Waals surface area contributed by atoms with Crippen LogP contribution in [0.15, 0.2) is 22.7 Å². The van der Waals surface area contributed by atoms with Crippen LogP contribution in [0.5, 0.6) is 0 Å². The molecular formula is C12H15BrFN. The maximum absolute atomic E-state index is 13.2. The van der Waals surface area contributed by atoms with Gasteiger partial charge in [-0.2, -0.15) is 0 Å². The van der Waals surface area contributed by atoms with Gasteiger partial charge in [-0.3, -0.25) is 0 Å². The zero-order valence-electron chi connectivity index (χ0n) is 8.84. The summed E-state index contributed by atoms with van der Waals surface area (Å²) in [4.78, 5) is 2.26. The number of benzene rings is 1. The summed E-state index contributed by atoms with van der Waals surface area (Å²) in [7, 11) is 0. The lowest BCUT2D eigenvalue weighted by atomic mass is 9.99. The van der Waals surface area contributed by atoms with Crippen molar-refractivity contribution in [2.45, 2.75) is 19.8 Å². The van der Waals surface area contributed by atoms with Crippen molar-refractivity contribution in [1.82, 2.24) is 0 Å². The van der Waals surface area contributed by atoms with Crippen molar-refractivity contribution in [1.29, 1.82) is 0 Å². The van der Waals surface area contributed by atoms with E-state index in [1.807, 2.05) is 6.07 Å². The summed E-state index contributed by atoms with van der Waals surface area (Å²) in [6.45, 7) is 4.35. The fraction of sp³-hybridized carbons (Fsp3) is 0.500. The second kappa shape index (κ2) is 4.52. The van der Waals surface area contributed by atoms with E-state index in [1.54, 1.807) is 6.07 Å². The fourth-order valence-electron chi connectivity index (χ4n) is 1.99. The highest BCUT2D eigenvalue weighted by Crippen LogP contribution is 2.26. The van der Waals surface area contributed by atoms with Gasteiger partial charge in [0.05, 0.1) is 0 Å². The van der Waals surface area contributed by atoms with Gasteiger partial charge in [0, 0.05) is 23.2 Å². The van der Waals surface area contributed by atoms with Gasteiger partial charge < -0.3 is 4.90 Å². The Kier molecular flexibility index (Phi) is 3.29. The molecule has 0 bridgehead atoms. The van der Waals surface area contributed by atoms with Gasteiger partial charge in [0.2, 0.25) is 0 Å². The summed E-state index contributed by atoms with van der Waals surface area (Å²) in [5, 5.41) is 0. The molecule has 1 heterocycles. The smallest absolute Gasteiger partial charge is 0.126 e. The van der Waals surface area contributed by atoms with Gasteiger partial charge in [-0.05, 0) is 37.0 Å². The van der Waals surface area contributed by atoms with Gasteiger partial charge >= 0.3 is 0 Å². The van der Waals surface area contributed by atoms with Crippen LogP contribution in [0, 0.1) is 11.7 Å². The van der Waals surface area contributed by atoms with Crippen molar-refractivity contribution in [3.8, 4) is 0 Å². The Morgan fingerprint density at radius 1 is 1.27 bits per heavy atom. The van der Waals surface area contributed by atoms with Crippen LogP contribution >= 0.6 is 15.9 Å². The standard InChI is InChI=1S/C12H15BrFN/c1-9-2-4-15(5-3-9)12-7-10(13)6-11(14)8-12/h6-9H,2-5H2,1H3. The molecule has 0 saturated carbocycles. The van der Waals surface area contributed by atoms with E-state index in [1.165, 1.54) is 18.9 Å². The number of rotatable bonds is 1. The molecular weight excluding hydrogens is 257 g/mol. The van der Waals surface area contributed by atoms with Crippen LogP contribution in [-0.2, 0) is 0 Å². The van der Waals surface area contributed by atoms with E-state index in [4.69, 9.17) is 0 Å². The molecule has 0 aliphatic carbocycles. The number of piperidine rings is 1. The van der Waals surface area contributed by atoms with Crippen molar-refractivity contribution in [2.24, 2.45) is 5.92 Å². The van der Waals surface area contributed by atoms with Crippen molar-refractivity contribution in [2.75, 3.05) is 18.0 Å². The third-order valence-corrected chi connectivity index (χ3v) is 3.45. The SMILES string of the molecule is CC1CCN(c2cc(F)cc(Br)c2)CC1. The average Bonchev–Trinajstić information content (AvgIpc) is 2.17. The van der Waals surface area contributed by atoms with Crippen LogP contribution in [-0.4, -0.2) is 13.1 Å². The second-order valence-corrected chi connectivity index (χ2v) is 5.21. The third-order valence-electron chi connectivity index (χ3n) is 3.00. The molecule has 1 nitrogen and oxygen atoms in total. The zero-order valence-corrected chi connectivity index (χ0v) is 10.4. The van der Waals surface area contributed by atoms with Gasteiger partial charge in [-0.1, -0.05) is 22.9 Å². The molecule has 15 heavy (non-hydrogen) atoms. The normalized spacial score (nSPS) is 18.2. The zero-order chi connectivity index (χ0) is 10.8. The maximum atomic E-state index is 13.2. The van der Waals surface area contributed by atoms with Gasteiger partial charge in [-0.25, -0.2) is 4.39 Å². The lowest BCUT2D eigenvalue weighted by Crippen LogP contribution is -2.32. The van der Waals surface area contributed by atoms with Crippen LogP contribution < -0.4 is 4.90 Å². The molecule has 0 amide bonds. The largest absolute Gasteiger partial charge is 0.371 e. The first-order valence-corrected chi connectivity index (χ1v) is 6.15. The van der Waals surface area contributed by atoms with Crippen LogP contribution in [0.3, 0.4) is 0 Å². The van der Waals surface area contributed by atoms with E-state index < -0.39 is 0 Å². The predicted octanol–water partition coefficient (Wildman–Crippen LogP) is 3.82. The molecule has 1 fully saturated rings. The van der Waals surface area contributed by atoms with E-state index in [-0.39, 0.29) is 5.82 Å². The van der Waals surface area contributed by atoms with Crippen LogP contribution in [0.4, 0.5) is 10.1 Å². The molecule has 0 N–H and O–H groups in total. The first-order chi connectivity index (χ1) is 7.15. The van der Waals surface area contributed by atoms with Gasteiger partial charge in [0.1, 0.15) is 5.82 Å². The lowest BCUT2D eigenvalue weighted by Gasteiger charge is -2.32. The van der Waals surface area contributed by atoms with Gasteiger partial charge in [0.15, 0.2) is 0 Å². The molecule has 0 unspecified atom stereocenters. The molecule has 82 valence electrons. The first kappa shape index (κ1) is 10.9. The quantitative estimate of drug-likeness (QED) is 0.751. The number of hydrogen-bond donors (Lipinski definition) is 0. The molecule has 1 aliphatic heterocycles. The lowest BCUT2D eigenvalue weighted by molar-refractivity contribution is 0.438. The van der Waals surface area contributed by atoms with Crippen molar-refractivity contribution in [3.63, 3.8) is 0 Å². The maximum Gasteiger partial charge on any atom is 0.126 e. The van der Waals surface area contributed by atoms with Crippen molar-refractivity contribution < 1.29 is 4.39 Å². The van der Waals surface area contributed by atoms with E-state index >= 15 is 0 Å². The molecule has 1 aromatic rings. The van der Waals surface area contributed by atoms with Crippen LogP contribution in [0.1, 0.15) is 19.8 Å². The van der Waals surface area contributed by atoms with Crippen LogP contribution in [0.25, 0.3) is 0 Å². The molecule has 2 rings (SSSR count). The van der Waals surface area contributed by atoms with E-state index in [0.717, 1.165) is 29.2 Å². The minimum atomic E-state index is -0.169. The summed E-state index contributed by atoms with van der Waals surface area (Å²) >= 11 is 3.32. The summed E-state index contributed by atoms with van der Waals surface area (Å²) in [5.41, 5.74) is 0.994. The van der Waals surface area contributed by atoms with E-state index in [0.29, 0.717) is 0 Å². The topological polar surface area (TPSA) is 3.24 Å². The molecule has 1 aromatic carbocycles. The Morgan fingerprint density at radius 2 is 1.93 bits per heavy atom. The fourth-order valence-corrected chi connectivity index (χ4v) is 2.44. The molecule has 0 aromatic heterocycles. The monoisotopic (exact) mass is 271 g/mol. The van der Waals surface area contributed by atoms with Crippen LogP contribution in [0.2, 0.25) is 0 Å². The number of anilines is 1. The summed E-state index contributed by atoms with van der Waals surface area (Å²) in [6.07, 6.45) is 2.41. The third kappa shape index (κ3) is 2.71. The molecule has 0 spiro atoms. The minimum absolute atomic E-state index is 0.169. The van der Waals surface area contributed by atoms with Gasteiger partial charge in [-0.15, -0.1) is 0 Å². The Morgan fingerprint density at radius 3 is 2.53 bits per heavy atom. The van der Waals surface area contributed by atoms with Crippen molar-refractivity contribution >= 4 is 21.6 Å². The molecule has 0 radical (unpaired) electrons. The van der Waals surface area contributed by atoms with E-state index in [2.05, 4.69) is 27.8 Å². The van der Waals surface area contributed by atoms with E-state index in [9.17, 15) is 4.39 Å². The minimum Gasteiger partial charge on any atom is -0.371 e. The molecule has 1 saturated heterocycles. The second-order valence-electron chi connectivity index (χ2n) is 4.30. The number of nitrogens with zero attached hydrogens (tertiary/aromatic N) is 1. The molecule has 3 heteroatoms. The Balaban J connectivity index is 2.15. The highest BCUT2D eigenvalue weighted by atomic mass is 79.9. The van der Waals surface area contributed by atoms with Gasteiger partial charge in [0.25, 0.3) is 0 Å². The Bertz CT molecular complexity index is 325. The highest BCUT2D eigenvalue weighted by Gasteiger charge is 2.16. The average molecular weight is 272 g/mol. The van der Waals surface area contributed by atoms with Crippen molar-refractivity contribution in [3.05, 3.63) is 28.5 Å². The highest BCUT2D eigenvalue weighted by molar-refractivity contribution is 9.10. The molecule has 1 aliphatic rings. The number of hydrogen-bond acceptors (Lipinski definition) is 1. The predicted molar refractivity (Wildman–Crippen MR) is 64.7 cm³/mol. The summed E-state index contributed by atoms with van der Waals surface area (Å²) in [5.74, 6) is 0.635. The molecule has 0 atom stereocenters. The Hall–Kier alpha value is -0.570. The summed E-state index contributed by atoms with van der Waals surface area (Å²) in [6, 6.07) is 5.09. The summed E-state index contributed by atoms with van der Waals surface area (Å²) < 4.78 is 14.0. The number of halogens is 2. The Labute approximate surface area is 98.4 Å².